The van der Waals surface area contributed by atoms with Crippen LogP contribution in [0.25, 0.3) is 0 Å². The van der Waals surface area contributed by atoms with E-state index in [0.29, 0.717) is 18.2 Å². The first-order valence-electron chi connectivity index (χ1n) is 7.98. The van der Waals surface area contributed by atoms with Crippen LogP contribution >= 0.6 is 0 Å². The first-order valence-corrected chi connectivity index (χ1v) is 7.98. The Morgan fingerprint density at radius 3 is 1.91 bits per heavy atom. The molecule has 16 heteroatoms. The van der Waals surface area contributed by atoms with Crippen molar-refractivity contribution in [3.63, 3.8) is 0 Å². The first kappa shape index (κ1) is 27.4. The highest BCUT2D eigenvalue weighted by Gasteiger charge is 2.75. The molecule has 0 amide bonds. The summed E-state index contributed by atoms with van der Waals surface area (Å²) >= 11 is 0. The predicted octanol–water partition coefficient (Wildman–Crippen LogP) is 5.24. The summed E-state index contributed by atoms with van der Waals surface area (Å²) in [7, 11) is 0. The van der Waals surface area contributed by atoms with Crippen molar-refractivity contribution >= 4 is 11.9 Å². The molecule has 1 rings (SSSR count). The molecule has 0 atom stereocenters. The molecule has 1 aromatic rings. The van der Waals surface area contributed by atoms with Gasteiger partial charge in [0.1, 0.15) is 0 Å². The maximum absolute atomic E-state index is 13.7. The predicted molar refractivity (Wildman–Crippen MR) is 78.1 cm³/mol. The topological polar surface area (TPSA) is 52.6 Å². The minimum absolute atomic E-state index is 0.317. The molecule has 0 radical (unpaired) electrons. The standard InChI is InChI=1S/C16H10F12O4/c17-11-7(15(24,25)26)2-1-3-8(11)32-10(30)5-4-9(29)31-6-13(20,21)16(27,28)14(22,23)12(18)19/h1-3,12H,4-6H2. The number of hydrogen-bond donors (Lipinski definition) is 0. The second-order valence-electron chi connectivity index (χ2n) is 5.95. The molecule has 0 aliphatic rings. The maximum atomic E-state index is 13.7. The van der Waals surface area contributed by atoms with Crippen molar-refractivity contribution in [3.05, 3.63) is 29.6 Å². The van der Waals surface area contributed by atoms with Crippen LogP contribution in [-0.2, 0) is 20.5 Å². The summed E-state index contributed by atoms with van der Waals surface area (Å²) in [5, 5.41) is 0. The van der Waals surface area contributed by atoms with E-state index < -0.39 is 78.9 Å². The average molecular weight is 494 g/mol. The number of carbonyl (C=O) groups is 2. The van der Waals surface area contributed by atoms with Gasteiger partial charge in [0.15, 0.2) is 18.2 Å². The molecule has 1 aromatic carbocycles. The van der Waals surface area contributed by atoms with Gasteiger partial charge in [-0.1, -0.05) is 6.07 Å². The Balaban J connectivity index is 2.68. The molecule has 0 aliphatic heterocycles. The van der Waals surface area contributed by atoms with Crippen molar-refractivity contribution in [2.24, 2.45) is 0 Å². The van der Waals surface area contributed by atoms with E-state index in [0.717, 1.165) is 0 Å². The van der Waals surface area contributed by atoms with E-state index in [4.69, 9.17) is 0 Å². The first-order chi connectivity index (χ1) is 14.3. The normalized spacial score (nSPS) is 13.3. The third-order valence-corrected chi connectivity index (χ3v) is 3.59. The fourth-order valence-corrected chi connectivity index (χ4v) is 1.90. The Morgan fingerprint density at radius 2 is 1.41 bits per heavy atom. The number of rotatable bonds is 9. The van der Waals surface area contributed by atoms with Crippen molar-refractivity contribution in [3.8, 4) is 5.75 Å². The van der Waals surface area contributed by atoms with Crippen LogP contribution in [-0.4, -0.2) is 42.7 Å². The molecule has 0 spiro atoms. The van der Waals surface area contributed by atoms with Crippen molar-refractivity contribution in [2.45, 2.75) is 43.2 Å². The average Bonchev–Trinajstić information content (AvgIpc) is 2.65. The van der Waals surface area contributed by atoms with Gasteiger partial charge in [-0.05, 0) is 12.1 Å². The number of benzene rings is 1. The van der Waals surface area contributed by atoms with Gasteiger partial charge in [0.05, 0.1) is 18.4 Å². The summed E-state index contributed by atoms with van der Waals surface area (Å²) in [5.41, 5.74) is -1.80. The lowest BCUT2D eigenvalue weighted by molar-refractivity contribution is -0.344. The van der Waals surface area contributed by atoms with Gasteiger partial charge in [-0.25, -0.2) is 13.2 Å². The van der Waals surface area contributed by atoms with E-state index in [-0.39, 0.29) is 0 Å². The Labute approximate surface area is 170 Å². The molecule has 4 nitrogen and oxygen atoms in total. The highest BCUT2D eigenvalue weighted by molar-refractivity contribution is 5.79. The van der Waals surface area contributed by atoms with Crippen LogP contribution < -0.4 is 4.74 Å². The zero-order valence-corrected chi connectivity index (χ0v) is 15.1. The molecule has 0 heterocycles. The zero-order valence-electron chi connectivity index (χ0n) is 15.1. The third kappa shape index (κ3) is 5.97. The molecule has 0 bridgehead atoms. The maximum Gasteiger partial charge on any atom is 0.419 e. The molecule has 0 unspecified atom stereocenters. The summed E-state index contributed by atoms with van der Waals surface area (Å²) in [6, 6.07) is 1.59. The van der Waals surface area contributed by atoms with E-state index >= 15 is 0 Å². The monoisotopic (exact) mass is 494 g/mol. The molecule has 0 saturated carbocycles. The largest absolute Gasteiger partial charge is 0.459 e. The van der Waals surface area contributed by atoms with Crippen molar-refractivity contribution in [1.29, 1.82) is 0 Å². The van der Waals surface area contributed by atoms with Crippen LogP contribution in [0, 0.1) is 5.82 Å². The van der Waals surface area contributed by atoms with E-state index in [1.807, 2.05) is 0 Å². The van der Waals surface area contributed by atoms with Gasteiger partial charge in [0.2, 0.25) is 0 Å². The van der Waals surface area contributed by atoms with Crippen molar-refractivity contribution < 1.29 is 71.7 Å². The Bertz CT molecular complexity index is 835. The lowest BCUT2D eigenvalue weighted by atomic mass is 10.1. The molecule has 182 valence electrons. The smallest absolute Gasteiger partial charge is 0.419 e. The SMILES string of the molecule is O=C(CCC(=O)Oc1cccc(C(F)(F)F)c1F)OCC(F)(F)C(F)(F)C(F)(F)C(F)F. The summed E-state index contributed by atoms with van der Waals surface area (Å²) in [6.45, 7) is -2.77. The van der Waals surface area contributed by atoms with Crippen LogP contribution in [0.3, 0.4) is 0 Å². The number of ether oxygens (including phenoxy) is 2. The van der Waals surface area contributed by atoms with Crippen LogP contribution in [0.5, 0.6) is 5.75 Å². The number of hydrogen-bond acceptors (Lipinski definition) is 4. The minimum atomic E-state index is -6.62. The molecule has 0 fully saturated rings. The number of carbonyl (C=O) groups excluding carboxylic acids is 2. The van der Waals surface area contributed by atoms with Gasteiger partial charge in [-0.2, -0.15) is 39.5 Å². The number of alkyl halides is 11. The molecule has 0 N–H and O–H groups in total. The lowest BCUT2D eigenvalue weighted by Crippen LogP contribution is -2.59. The van der Waals surface area contributed by atoms with Crippen LogP contribution in [0.15, 0.2) is 18.2 Å². The molecule has 0 aromatic heterocycles. The fourth-order valence-electron chi connectivity index (χ4n) is 1.90. The van der Waals surface area contributed by atoms with Crippen LogP contribution in [0.1, 0.15) is 18.4 Å². The number of esters is 2. The van der Waals surface area contributed by atoms with Crippen LogP contribution in [0.4, 0.5) is 52.7 Å². The Kier molecular flexibility index (Phi) is 8.07. The number of halogens is 12. The molecule has 0 aliphatic carbocycles. The van der Waals surface area contributed by atoms with Gasteiger partial charge in [-0.15, -0.1) is 0 Å². The van der Waals surface area contributed by atoms with Gasteiger partial charge >= 0.3 is 42.3 Å². The minimum Gasteiger partial charge on any atom is -0.459 e. The molecular formula is C16H10F12O4. The second-order valence-corrected chi connectivity index (χ2v) is 5.95. The van der Waals surface area contributed by atoms with E-state index in [2.05, 4.69) is 9.47 Å². The Hall–Kier alpha value is -2.68. The van der Waals surface area contributed by atoms with E-state index in [1.54, 1.807) is 0 Å². The lowest BCUT2D eigenvalue weighted by Gasteiger charge is -2.31. The van der Waals surface area contributed by atoms with E-state index in [9.17, 15) is 62.3 Å². The fraction of sp³-hybridized carbons (Fsp3) is 0.500. The molecule has 32 heavy (non-hydrogen) atoms. The third-order valence-electron chi connectivity index (χ3n) is 3.59. The van der Waals surface area contributed by atoms with E-state index in [1.165, 1.54) is 0 Å². The van der Waals surface area contributed by atoms with Gasteiger partial charge in [0, 0.05) is 0 Å². The van der Waals surface area contributed by atoms with Crippen molar-refractivity contribution in [2.75, 3.05) is 6.61 Å². The van der Waals surface area contributed by atoms with Gasteiger partial charge in [-0.3, -0.25) is 9.59 Å². The zero-order chi connectivity index (χ0) is 25.1. The summed E-state index contributed by atoms with van der Waals surface area (Å²) < 4.78 is 161. The summed E-state index contributed by atoms with van der Waals surface area (Å²) in [6.07, 6.45) is -12.7. The summed E-state index contributed by atoms with van der Waals surface area (Å²) in [4.78, 5) is 22.7. The quantitative estimate of drug-likeness (QED) is 0.268. The van der Waals surface area contributed by atoms with Crippen LogP contribution in [0.2, 0.25) is 0 Å². The Morgan fingerprint density at radius 1 is 0.875 bits per heavy atom. The second kappa shape index (κ2) is 9.44. The van der Waals surface area contributed by atoms with Gasteiger partial charge in [0.25, 0.3) is 0 Å². The summed E-state index contributed by atoms with van der Waals surface area (Å²) in [5.74, 6) is -25.7. The molecular weight excluding hydrogens is 484 g/mol. The highest BCUT2D eigenvalue weighted by atomic mass is 19.4. The van der Waals surface area contributed by atoms with Crippen molar-refractivity contribution in [1.82, 2.24) is 0 Å². The molecule has 0 saturated heterocycles. The highest BCUT2D eigenvalue weighted by Crippen LogP contribution is 2.48. The van der Waals surface area contributed by atoms with Gasteiger partial charge < -0.3 is 9.47 Å².